The maximum atomic E-state index is 13.4. The van der Waals surface area contributed by atoms with Gasteiger partial charge in [-0.1, -0.05) is 75.6 Å². The summed E-state index contributed by atoms with van der Waals surface area (Å²) in [4.78, 5) is 13.4. The summed E-state index contributed by atoms with van der Waals surface area (Å²) in [5.41, 5.74) is 6.04. The van der Waals surface area contributed by atoms with Gasteiger partial charge >= 0.3 is 0 Å². The van der Waals surface area contributed by atoms with Gasteiger partial charge in [-0.2, -0.15) is 5.10 Å². The molecule has 0 bridgehead atoms. The molecule has 0 amide bonds. The Bertz CT molecular complexity index is 1150. The summed E-state index contributed by atoms with van der Waals surface area (Å²) in [6, 6.07) is 21.9. The summed E-state index contributed by atoms with van der Waals surface area (Å²) in [5.74, 6) is 0.660. The molecule has 3 aromatic rings. The fraction of sp³-hybridized carbons (Fsp3) is 0.200. The molecule has 150 valence electrons. The van der Waals surface area contributed by atoms with Crippen LogP contribution < -0.4 is 4.74 Å². The zero-order chi connectivity index (χ0) is 20.8. The second-order valence-electron chi connectivity index (χ2n) is 7.90. The van der Waals surface area contributed by atoms with Crippen molar-refractivity contribution in [1.82, 2.24) is 5.01 Å². The summed E-state index contributed by atoms with van der Waals surface area (Å²) in [6.07, 6.45) is -0.0533. The molecule has 0 aliphatic carbocycles. The minimum Gasteiger partial charge on any atom is -0.461 e. The standard InChI is InChI=1S/C25H21BrN2O2/c1-15-3-7-17(8-4-15)21-14-22-20-13-19(26)11-12-23(20)30-25(28(22)27-21)24(29)18-9-5-16(2)6-10-18/h3-13,22,25H,14H2,1-2H3/t22-,25+/m0/s1. The van der Waals surface area contributed by atoms with Crippen LogP contribution in [0.3, 0.4) is 0 Å². The lowest BCUT2D eigenvalue weighted by molar-refractivity contribution is -0.00459. The number of hydrogen-bond acceptors (Lipinski definition) is 4. The van der Waals surface area contributed by atoms with Crippen molar-refractivity contribution in [2.45, 2.75) is 32.5 Å². The van der Waals surface area contributed by atoms with Crippen LogP contribution in [0.5, 0.6) is 5.75 Å². The van der Waals surface area contributed by atoms with E-state index in [1.165, 1.54) is 5.56 Å². The van der Waals surface area contributed by atoms with Crippen LogP contribution in [-0.2, 0) is 0 Å². The highest BCUT2D eigenvalue weighted by atomic mass is 79.9. The molecule has 0 spiro atoms. The van der Waals surface area contributed by atoms with Crippen molar-refractivity contribution < 1.29 is 9.53 Å². The van der Waals surface area contributed by atoms with E-state index in [0.717, 1.165) is 39.0 Å². The normalized spacial score (nSPS) is 19.6. The fourth-order valence-corrected chi connectivity index (χ4v) is 4.39. The highest BCUT2D eigenvalue weighted by Crippen LogP contribution is 2.44. The predicted molar refractivity (Wildman–Crippen MR) is 121 cm³/mol. The Labute approximate surface area is 184 Å². The number of carbonyl (C=O) groups is 1. The first-order valence-corrected chi connectivity index (χ1v) is 10.8. The predicted octanol–water partition coefficient (Wildman–Crippen LogP) is 5.82. The minimum atomic E-state index is -0.783. The topological polar surface area (TPSA) is 41.9 Å². The zero-order valence-corrected chi connectivity index (χ0v) is 18.4. The third-order valence-corrected chi connectivity index (χ3v) is 6.19. The van der Waals surface area contributed by atoms with Crippen LogP contribution in [0.25, 0.3) is 0 Å². The molecule has 0 aromatic heterocycles. The fourth-order valence-electron chi connectivity index (χ4n) is 4.01. The number of Topliss-reactive ketones (excluding diaryl/α,β-unsaturated/α-hetero) is 1. The smallest absolute Gasteiger partial charge is 0.251 e. The maximum absolute atomic E-state index is 13.4. The van der Waals surface area contributed by atoms with Gasteiger partial charge in [-0.05, 0) is 37.6 Å². The van der Waals surface area contributed by atoms with Gasteiger partial charge in [0, 0.05) is 22.0 Å². The summed E-state index contributed by atoms with van der Waals surface area (Å²) in [6.45, 7) is 4.08. The van der Waals surface area contributed by atoms with Crippen LogP contribution in [0.1, 0.15) is 45.1 Å². The van der Waals surface area contributed by atoms with Gasteiger partial charge in [-0.15, -0.1) is 0 Å². The van der Waals surface area contributed by atoms with Gasteiger partial charge in [0.1, 0.15) is 5.75 Å². The number of rotatable bonds is 3. The number of ether oxygens (including phenoxy) is 1. The summed E-state index contributed by atoms with van der Waals surface area (Å²) in [5, 5.41) is 6.71. The van der Waals surface area contributed by atoms with E-state index >= 15 is 0 Å². The molecule has 0 N–H and O–H groups in total. The molecule has 30 heavy (non-hydrogen) atoms. The summed E-state index contributed by atoms with van der Waals surface area (Å²) in [7, 11) is 0. The van der Waals surface area contributed by atoms with E-state index in [9.17, 15) is 4.79 Å². The largest absolute Gasteiger partial charge is 0.461 e. The molecule has 4 nitrogen and oxygen atoms in total. The number of nitrogens with zero attached hydrogens (tertiary/aromatic N) is 2. The number of halogens is 1. The molecule has 5 heteroatoms. The SMILES string of the molecule is Cc1ccc(C(=O)[C@H]2Oc3ccc(Br)cc3[C@@H]3CC(c4ccc(C)cc4)=NN23)cc1. The Morgan fingerprint density at radius 2 is 1.67 bits per heavy atom. The second kappa shape index (κ2) is 7.40. The van der Waals surface area contributed by atoms with Crippen molar-refractivity contribution in [3.8, 4) is 5.75 Å². The van der Waals surface area contributed by atoms with Crippen molar-refractivity contribution in [1.29, 1.82) is 0 Å². The average Bonchev–Trinajstić information content (AvgIpc) is 3.19. The molecule has 2 heterocycles. The number of benzene rings is 3. The molecule has 0 radical (unpaired) electrons. The Morgan fingerprint density at radius 1 is 1.00 bits per heavy atom. The molecular weight excluding hydrogens is 440 g/mol. The van der Waals surface area contributed by atoms with Crippen molar-refractivity contribution in [2.24, 2.45) is 5.10 Å². The van der Waals surface area contributed by atoms with E-state index in [0.29, 0.717) is 5.56 Å². The van der Waals surface area contributed by atoms with Gasteiger partial charge in [0.2, 0.25) is 5.78 Å². The van der Waals surface area contributed by atoms with E-state index < -0.39 is 6.23 Å². The minimum absolute atomic E-state index is 0.0399. The molecule has 0 unspecified atom stereocenters. The lowest BCUT2D eigenvalue weighted by atomic mass is 9.95. The highest BCUT2D eigenvalue weighted by Gasteiger charge is 2.43. The van der Waals surface area contributed by atoms with Crippen molar-refractivity contribution in [3.63, 3.8) is 0 Å². The highest BCUT2D eigenvalue weighted by molar-refractivity contribution is 9.10. The summed E-state index contributed by atoms with van der Waals surface area (Å²) < 4.78 is 7.18. The molecule has 0 fully saturated rings. The molecular formula is C25H21BrN2O2. The third-order valence-electron chi connectivity index (χ3n) is 5.70. The molecule has 0 saturated carbocycles. The lowest BCUT2D eigenvalue weighted by Gasteiger charge is -2.37. The van der Waals surface area contributed by atoms with E-state index in [1.54, 1.807) is 0 Å². The molecule has 2 aliphatic rings. The van der Waals surface area contributed by atoms with Crippen LogP contribution in [0, 0.1) is 13.8 Å². The van der Waals surface area contributed by atoms with Crippen LogP contribution in [0.15, 0.2) is 76.3 Å². The van der Waals surface area contributed by atoms with Gasteiger partial charge in [0.15, 0.2) is 0 Å². The Morgan fingerprint density at radius 3 is 2.37 bits per heavy atom. The number of carbonyl (C=O) groups excluding carboxylic acids is 1. The Hall–Kier alpha value is -2.92. The Balaban J connectivity index is 1.57. The number of hydrogen-bond donors (Lipinski definition) is 0. The molecule has 2 aliphatic heterocycles. The van der Waals surface area contributed by atoms with Crippen molar-refractivity contribution in [3.05, 3.63) is 99.0 Å². The molecule has 5 rings (SSSR count). The molecule has 2 atom stereocenters. The number of aryl methyl sites for hydroxylation is 2. The number of fused-ring (bicyclic) bond motifs is 3. The van der Waals surface area contributed by atoms with Crippen LogP contribution in [0.4, 0.5) is 0 Å². The van der Waals surface area contributed by atoms with Crippen LogP contribution >= 0.6 is 15.9 Å². The third kappa shape index (κ3) is 3.33. The van der Waals surface area contributed by atoms with E-state index in [-0.39, 0.29) is 11.8 Å². The molecule has 3 aromatic carbocycles. The van der Waals surface area contributed by atoms with Gasteiger partial charge in [-0.3, -0.25) is 4.79 Å². The van der Waals surface area contributed by atoms with Crippen LogP contribution in [-0.4, -0.2) is 22.7 Å². The second-order valence-corrected chi connectivity index (χ2v) is 8.81. The number of ketones is 1. The zero-order valence-electron chi connectivity index (χ0n) is 16.8. The Kier molecular flexibility index (Phi) is 4.70. The van der Waals surface area contributed by atoms with Gasteiger partial charge < -0.3 is 4.74 Å². The average molecular weight is 461 g/mol. The van der Waals surface area contributed by atoms with Gasteiger partial charge in [-0.25, -0.2) is 5.01 Å². The first kappa shape index (κ1) is 19.1. The lowest BCUT2D eigenvalue weighted by Crippen LogP contribution is -2.45. The van der Waals surface area contributed by atoms with Crippen LogP contribution in [0.2, 0.25) is 0 Å². The monoisotopic (exact) mass is 460 g/mol. The van der Waals surface area contributed by atoms with E-state index in [1.807, 2.05) is 48.3 Å². The van der Waals surface area contributed by atoms with E-state index in [4.69, 9.17) is 9.84 Å². The van der Waals surface area contributed by atoms with E-state index in [2.05, 4.69) is 53.2 Å². The van der Waals surface area contributed by atoms with Gasteiger partial charge in [0.25, 0.3) is 6.23 Å². The van der Waals surface area contributed by atoms with Crippen molar-refractivity contribution in [2.75, 3.05) is 0 Å². The maximum Gasteiger partial charge on any atom is 0.251 e. The van der Waals surface area contributed by atoms with Crippen molar-refractivity contribution >= 4 is 27.4 Å². The first-order chi connectivity index (χ1) is 14.5. The quantitative estimate of drug-likeness (QED) is 0.462. The molecule has 0 saturated heterocycles. The van der Waals surface area contributed by atoms with Gasteiger partial charge in [0.05, 0.1) is 11.8 Å². The number of hydrazone groups is 1. The first-order valence-electron chi connectivity index (χ1n) is 9.99. The summed E-state index contributed by atoms with van der Waals surface area (Å²) >= 11 is 3.56.